The number of piperazine rings is 1. The van der Waals surface area contributed by atoms with Gasteiger partial charge in [-0.15, -0.1) is 0 Å². The highest BCUT2D eigenvalue weighted by molar-refractivity contribution is 6.11. The number of ether oxygens (including phenoxy) is 2. The van der Waals surface area contributed by atoms with Gasteiger partial charge in [0.05, 0.1) is 36.1 Å². The SMILES string of the molecule is CCOc1ccc(C2=NN(c3ccc(C(=O)N4CCN(c5ccc(C(F)(F)F)cn5)CC4)cc3)C(=O)[C@@H]3CC=CC[C@H]23)cc1OCC. The molecule has 0 spiro atoms. The van der Waals surface area contributed by atoms with Crippen LogP contribution in [0.1, 0.15) is 48.2 Å². The summed E-state index contributed by atoms with van der Waals surface area (Å²) in [6.45, 7) is 6.48. The zero-order chi connectivity index (χ0) is 33.1. The van der Waals surface area contributed by atoms with E-state index in [4.69, 9.17) is 14.6 Å². The first-order chi connectivity index (χ1) is 22.7. The molecular formula is C35H36F3N5O4. The maximum atomic E-state index is 13.7. The smallest absolute Gasteiger partial charge is 0.417 e. The van der Waals surface area contributed by atoms with E-state index in [1.807, 2.05) is 43.0 Å². The zero-order valence-electron chi connectivity index (χ0n) is 26.2. The number of carbonyl (C=O) groups is 2. The molecule has 1 aromatic heterocycles. The molecule has 0 radical (unpaired) electrons. The summed E-state index contributed by atoms with van der Waals surface area (Å²) in [4.78, 5) is 34.6. The first-order valence-electron chi connectivity index (χ1n) is 15.8. The van der Waals surface area contributed by atoms with Crippen molar-refractivity contribution in [2.45, 2.75) is 32.9 Å². The first-order valence-corrected chi connectivity index (χ1v) is 15.8. The number of hydrogen-bond acceptors (Lipinski definition) is 7. The molecule has 9 nitrogen and oxygen atoms in total. The number of fused-ring (bicyclic) bond motifs is 1. The molecular weight excluding hydrogens is 611 g/mol. The van der Waals surface area contributed by atoms with Gasteiger partial charge in [-0.1, -0.05) is 12.2 Å². The molecule has 1 fully saturated rings. The largest absolute Gasteiger partial charge is 0.490 e. The number of aromatic nitrogens is 1. The highest BCUT2D eigenvalue weighted by atomic mass is 19.4. The first kappa shape index (κ1) is 32.1. The van der Waals surface area contributed by atoms with E-state index in [-0.39, 0.29) is 23.7 Å². The standard InChI is InChI=1S/C35H36F3N5O4/c1-3-46-29-15-11-24(21-30(29)47-4-2)32-27-7-5-6-8-28(27)34(45)43(40-32)26-13-9-23(10-14-26)33(44)42-19-17-41(18-20-42)31-16-12-25(22-39-31)35(36,37)38/h5-6,9-16,21-22,27-28H,3-4,7-8,17-20H2,1-2H3/t27-,28+/m0/s1. The third-order valence-electron chi connectivity index (χ3n) is 8.68. The zero-order valence-corrected chi connectivity index (χ0v) is 26.2. The fraction of sp³-hybridized carbons (Fsp3) is 0.371. The van der Waals surface area contributed by atoms with E-state index in [2.05, 4.69) is 11.1 Å². The lowest BCUT2D eigenvalue weighted by Gasteiger charge is -2.37. The van der Waals surface area contributed by atoms with Crippen LogP contribution >= 0.6 is 0 Å². The number of amides is 2. The highest BCUT2D eigenvalue weighted by Gasteiger charge is 2.41. The van der Waals surface area contributed by atoms with Crippen molar-refractivity contribution in [3.05, 3.63) is 89.6 Å². The maximum absolute atomic E-state index is 13.7. The molecule has 1 aliphatic carbocycles. The summed E-state index contributed by atoms with van der Waals surface area (Å²) >= 11 is 0. The van der Waals surface area contributed by atoms with Crippen molar-refractivity contribution in [1.82, 2.24) is 9.88 Å². The van der Waals surface area contributed by atoms with E-state index < -0.39 is 11.7 Å². The number of hydrogen-bond donors (Lipinski definition) is 0. The van der Waals surface area contributed by atoms with Gasteiger partial charge in [-0.25, -0.2) is 9.99 Å². The van der Waals surface area contributed by atoms with E-state index in [1.165, 1.54) is 11.1 Å². The molecule has 3 heterocycles. The number of halogens is 3. The van der Waals surface area contributed by atoms with Crippen LogP contribution in [-0.2, 0) is 11.0 Å². The van der Waals surface area contributed by atoms with Crippen LogP contribution in [0.2, 0.25) is 0 Å². The highest BCUT2D eigenvalue weighted by Crippen LogP contribution is 2.38. The Morgan fingerprint density at radius 3 is 2.19 bits per heavy atom. The van der Waals surface area contributed by atoms with Gasteiger partial charge in [-0.2, -0.15) is 18.3 Å². The van der Waals surface area contributed by atoms with Crippen molar-refractivity contribution >= 4 is 29.0 Å². The molecule has 6 rings (SSSR count). The number of nitrogens with zero attached hydrogens (tertiary/aromatic N) is 5. The molecule has 0 N–H and O–H groups in total. The third kappa shape index (κ3) is 6.68. The Morgan fingerprint density at radius 2 is 1.55 bits per heavy atom. The van der Waals surface area contributed by atoms with Crippen molar-refractivity contribution in [1.29, 1.82) is 0 Å². The molecule has 1 saturated heterocycles. The second kappa shape index (κ2) is 13.5. The topological polar surface area (TPSA) is 87.6 Å². The fourth-order valence-corrected chi connectivity index (χ4v) is 6.25. The molecule has 0 unspecified atom stereocenters. The molecule has 12 heteroatoms. The van der Waals surface area contributed by atoms with Gasteiger partial charge in [-0.05, 0) is 81.3 Å². The van der Waals surface area contributed by atoms with Crippen LogP contribution in [0.15, 0.2) is 78.0 Å². The number of anilines is 2. The van der Waals surface area contributed by atoms with Gasteiger partial charge < -0.3 is 19.3 Å². The van der Waals surface area contributed by atoms with Gasteiger partial charge in [0.25, 0.3) is 11.8 Å². The summed E-state index contributed by atoms with van der Waals surface area (Å²) < 4.78 is 50.3. The molecule has 2 atom stereocenters. The van der Waals surface area contributed by atoms with Crippen molar-refractivity contribution in [2.24, 2.45) is 16.9 Å². The van der Waals surface area contributed by atoms with Gasteiger partial charge in [0.15, 0.2) is 11.5 Å². The Morgan fingerprint density at radius 1 is 0.872 bits per heavy atom. The van der Waals surface area contributed by atoms with Gasteiger partial charge in [0.1, 0.15) is 5.82 Å². The molecule has 47 heavy (non-hydrogen) atoms. The van der Waals surface area contributed by atoms with E-state index in [0.29, 0.717) is 80.8 Å². The lowest BCUT2D eigenvalue weighted by molar-refractivity contribution is -0.137. The van der Waals surface area contributed by atoms with Gasteiger partial charge >= 0.3 is 6.18 Å². The fourth-order valence-electron chi connectivity index (χ4n) is 6.25. The lowest BCUT2D eigenvalue weighted by atomic mass is 9.76. The van der Waals surface area contributed by atoms with Crippen LogP contribution < -0.4 is 19.4 Å². The predicted molar refractivity (Wildman–Crippen MR) is 172 cm³/mol. The quantitative estimate of drug-likeness (QED) is 0.271. The van der Waals surface area contributed by atoms with Gasteiger partial charge in [0, 0.05) is 49.4 Å². The minimum atomic E-state index is -4.44. The van der Waals surface area contributed by atoms with Crippen LogP contribution in [0.25, 0.3) is 0 Å². The summed E-state index contributed by atoms with van der Waals surface area (Å²) in [6.07, 6.45) is 1.84. The second-order valence-electron chi connectivity index (χ2n) is 11.5. The molecule has 0 saturated carbocycles. The lowest BCUT2D eigenvalue weighted by Crippen LogP contribution is -2.49. The predicted octanol–water partition coefficient (Wildman–Crippen LogP) is 6.19. The summed E-state index contributed by atoms with van der Waals surface area (Å²) in [5.74, 6) is 1.11. The van der Waals surface area contributed by atoms with E-state index >= 15 is 0 Å². The minimum Gasteiger partial charge on any atom is -0.490 e. The van der Waals surface area contributed by atoms with Crippen molar-refractivity contribution in [3.8, 4) is 11.5 Å². The van der Waals surface area contributed by atoms with E-state index in [1.54, 1.807) is 29.2 Å². The number of carbonyl (C=O) groups excluding carboxylic acids is 2. The molecule has 2 amide bonds. The second-order valence-corrected chi connectivity index (χ2v) is 11.5. The average molecular weight is 648 g/mol. The summed E-state index contributed by atoms with van der Waals surface area (Å²) in [7, 11) is 0. The van der Waals surface area contributed by atoms with Gasteiger partial charge in [-0.3, -0.25) is 9.59 Å². The summed E-state index contributed by atoms with van der Waals surface area (Å²) in [5, 5.41) is 6.33. The van der Waals surface area contributed by atoms with E-state index in [0.717, 1.165) is 23.5 Å². The number of hydrazone groups is 1. The molecule has 2 aliphatic heterocycles. The van der Waals surface area contributed by atoms with Crippen molar-refractivity contribution in [2.75, 3.05) is 49.3 Å². The van der Waals surface area contributed by atoms with Crippen molar-refractivity contribution < 1.29 is 32.2 Å². The normalized spacial score (nSPS) is 19.7. The van der Waals surface area contributed by atoms with Crippen LogP contribution in [0.4, 0.5) is 24.7 Å². The molecule has 3 aliphatic rings. The van der Waals surface area contributed by atoms with Gasteiger partial charge in [0.2, 0.25) is 0 Å². The number of pyridine rings is 1. The van der Waals surface area contributed by atoms with E-state index in [9.17, 15) is 22.8 Å². The molecule has 3 aromatic rings. The number of alkyl halides is 3. The summed E-state index contributed by atoms with van der Waals surface area (Å²) in [5.41, 5.74) is 1.88. The molecule has 246 valence electrons. The Bertz CT molecular complexity index is 1670. The minimum absolute atomic E-state index is 0.0755. The number of rotatable bonds is 8. The van der Waals surface area contributed by atoms with Crippen LogP contribution in [0, 0.1) is 11.8 Å². The third-order valence-corrected chi connectivity index (χ3v) is 8.68. The molecule has 0 bridgehead atoms. The maximum Gasteiger partial charge on any atom is 0.417 e. The van der Waals surface area contributed by atoms with Crippen LogP contribution in [-0.4, -0.2) is 66.8 Å². The molecule has 2 aromatic carbocycles. The summed E-state index contributed by atoms with van der Waals surface area (Å²) in [6, 6.07) is 15.0. The number of allylic oxidation sites excluding steroid dienone is 2. The monoisotopic (exact) mass is 647 g/mol. The van der Waals surface area contributed by atoms with Crippen LogP contribution in [0.5, 0.6) is 11.5 Å². The van der Waals surface area contributed by atoms with Crippen LogP contribution in [0.3, 0.4) is 0 Å². The Balaban J connectivity index is 1.18. The number of benzene rings is 2. The Labute approximate surface area is 271 Å². The average Bonchev–Trinajstić information content (AvgIpc) is 3.09. The van der Waals surface area contributed by atoms with Crippen molar-refractivity contribution in [3.63, 3.8) is 0 Å². The Hall–Kier alpha value is -4.87. The Kier molecular flexibility index (Phi) is 9.19.